The van der Waals surface area contributed by atoms with Gasteiger partial charge in [-0.25, -0.2) is 9.97 Å². The van der Waals surface area contributed by atoms with Crippen LogP contribution in [-0.4, -0.2) is 29.0 Å². The van der Waals surface area contributed by atoms with Gasteiger partial charge >= 0.3 is 6.18 Å². The predicted molar refractivity (Wildman–Crippen MR) is 63.5 cm³/mol. The summed E-state index contributed by atoms with van der Waals surface area (Å²) in [4.78, 5) is 17.2. The van der Waals surface area contributed by atoms with Gasteiger partial charge in [0.15, 0.2) is 0 Å². The van der Waals surface area contributed by atoms with Crippen LogP contribution in [0.15, 0.2) is 6.07 Å². The summed E-state index contributed by atoms with van der Waals surface area (Å²) < 4.78 is 37.8. The number of carbonyl (C=O) groups excluding carboxylic acids is 1. The molecule has 0 aliphatic rings. The second-order valence-corrected chi connectivity index (χ2v) is 3.71. The van der Waals surface area contributed by atoms with Crippen LogP contribution in [0.5, 0.6) is 0 Å². The molecule has 0 spiro atoms. The second-order valence-electron chi connectivity index (χ2n) is 3.71. The maximum absolute atomic E-state index is 12.6. The van der Waals surface area contributed by atoms with Crippen LogP contribution in [0.3, 0.4) is 0 Å². The predicted octanol–water partition coefficient (Wildman–Crippen LogP) is 1.21. The number of halogens is 3. The van der Waals surface area contributed by atoms with E-state index >= 15 is 0 Å². The third kappa shape index (κ3) is 4.98. The van der Waals surface area contributed by atoms with Crippen LogP contribution in [0, 0.1) is 0 Å². The van der Waals surface area contributed by atoms with Gasteiger partial charge in [0.1, 0.15) is 11.6 Å². The highest BCUT2D eigenvalue weighted by Crippen LogP contribution is 2.28. The van der Waals surface area contributed by atoms with Gasteiger partial charge in [0.25, 0.3) is 0 Å². The molecule has 0 saturated carbocycles. The summed E-state index contributed by atoms with van der Waals surface area (Å²) in [5, 5.41) is 5.14. The fourth-order valence-corrected chi connectivity index (χ4v) is 1.19. The lowest BCUT2D eigenvalue weighted by Crippen LogP contribution is -2.23. The van der Waals surface area contributed by atoms with Gasteiger partial charge in [-0.05, 0) is 6.42 Å². The summed E-state index contributed by atoms with van der Waals surface area (Å²) in [6, 6.07) is 1.29. The molecule has 0 aliphatic heterocycles. The van der Waals surface area contributed by atoms with E-state index in [4.69, 9.17) is 5.73 Å². The summed E-state index contributed by atoms with van der Waals surface area (Å²) in [5.41, 5.74) is 4.90. The van der Waals surface area contributed by atoms with E-state index in [1.54, 1.807) is 0 Å². The molecule has 1 aromatic rings. The van der Waals surface area contributed by atoms with Crippen LogP contribution in [0.4, 0.5) is 24.8 Å². The first-order valence-corrected chi connectivity index (χ1v) is 5.55. The molecule has 0 atom stereocenters. The monoisotopic (exact) mass is 277 g/mol. The molecule has 0 unspecified atom stereocenters. The van der Waals surface area contributed by atoms with Crippen molar-refractivity contribution in [3.8, 4) is 0 Å². The average Bonchev–Trinajstić information content (AvgIpc) is 2.32. The molecule has 0 saturated heterocycles. The van der Waals surface area contributed by atoms with Gasteiger partial charge in [0.05, 0.1) is 6.54 Å². The highest BCUT2D eigenvalue weighted by atomic mass is 19.4. The third-order valence-electron chi connectivity index (χ3n) is 1.98. The Balaban J connectivity index is 2.98. The van der Waals surface area contributed by atoms with E-state index in [9.17, 15) is 18.0 Å². The normalized spacial score (nSPS) is 11.2. The fraction of sp³-hybridized carbons (Fsp3) is 0.500. The smallest absolute Gasteiger partial charge is 0.370 e. The van der Waals surface area contributed by atoms with E-state index < -0.39 is 17.9 Å². The van der Waals surface area contributed by atoms with Crippen molar-refractivity contribution in [1.29, 1.82) is 0 Å². The van der Waals surface area contributed by atoms with Gasteiger partial charge < -0.3 is 16.4 Å². The van der Waals surface area contributed by atoms with Gasteiger partial charge in [-0.2, -0.15) is 13.2 Å². The molecule has 0 aliphatic carbocycles. The Labute approximate surface area is 107 Å². The summed E-state index contributed by atoms with van der Waals surface area (Å²) in [7, 11) is 0. The molecule has 0 bridgehead atoms. The van der Waals surface area contributed by atoms with Gasteiger partial charge in [-0.3, -0.25) is 4.79 Å². The summed E-state index contributed by atoms with van der Waals surface area (Å²) in [6.45, 7) is 2.04. The lowest BCUT2D eigenvalue weighted by molar-refractivity contribution is -0.144. The van der Waals surface area contributed by atoms with Crippen molar-refractivity contribution in [2.24, 2.45) is 5.73 Å². The molecule has 1 aromatic heterocycles. The minimum Gasteiger partial charge on any atom is -0.370 e. The molecular weight excluding hydrogens is 263 g/mol. The molecule has 0 fully saturated rings. The summed E-state index contributed by atoms with van der Waals surface area (Å²) in [6.07, 6.45) is -3.93. The van der Waals surface area contributed by atoms with Gasteiger partial charge in [-0.1, -0.05) is 6.92 Å². The van der Waals surface area contributed by atoms with E-state index in [0.29, 0.717) is 6.54 Å². The molecule has 1 amide bonds. The number of hydrogen-bond acceptors (Lipinski definition) is 5. The lowest BCUT2D eigenvalue weighted by atomic mass is 10.4. The van der Waals surface area contributed by atoms with E-state index in [1.807, 2.05) is 6.92 Å². The first-order valence-electron chi connectivity index (χ1n) is 5.55. The Bertz CT molecular complexity index is 449. The zero-order valence-corrected chi connectivity index (χ0v) is 10.2. The Kier molecular flexibility index (Phi) is 4.90. The number of nitrogens with one attached hydrogen (secondary N) is 2. The number of alkyl halides is 3. The Morgan fingerprint density at radius 1 is 1.32 bits per heavy atom. The number of carbonyl (C=O) groups is 1. The van der Waals surface area contributed by atoms with Crippen LogP contribution in [0.2, 0.25) is 0 Å². The largest absolute Gasteiger partial charge is 0.451 e. The van der Waals surface area contributed by atoms with E-state index in [-0.39, 0.29) is 18.2 Å². The number of nitrogens with two attached hydrogens (primary N) is 1. The quantitative estimate of drug-likeness (QED) is 0.727. The van der Waals surface area contributed by atoms with Crippen LogP contribution in [-0.2, 0) is 11.0 Å². The van der Waals surface area contributed by atoms with Crippen molar-refractivity contribution >= 4 is 17.5 Å². The molecule has 0 radical (unpaired) electrons. The standard InChI is InChI=1S/C10H14F3N5O/c1-2-3-15-7-4-8(16-5-6(14)19)18-9(17-7)10(11,12)13/h4H,2-3,5H2,1H3,(H2,14,19)(H2,15,16,17,18). The molecule has 0 aromatic carbocycles. The van der Waals surface area contributed by atoms with Gasteiger partial charge in [0, 0.05) is 12.6 Å². The Morgan fingerprint density at radius 3 is 2.37 bits per heavy atom. The lowest BCUT2D eigenvalue weighted by Gasteiger charge is -2.11. The minimum absolute atomic E-state index is 0.0381. The summed E-state index contributed by atoms with van der Waals surface area (Å²) >= 11 is 0. The van der Waals surface area contributed by atoms with Crippen LogP contribution < -0.4 is 16.4 Å². The number of primary amides is 1. The number of aromatic nitrogens is 2. The zero-order valence-electron chi connectivity index (χ0n) is 10.2. The number of anilines is 2. The highest BCUT2D eigenvalue weighted by molar-refractivity contribution is 5.78. The topological polar surface area (TPSA) is 92.9 Å². The molecule has 1 heterocycles. The molecule has 4 N–H and O–H groups in total. The number of rotatable bonds is 6. The summed E-state index contributed by atoms with van der Waals surface area (Å²) in [5.74, 6) is -2.05. The van der Waals surface area contributed by atoms with Crippen molar-refractivity contribution in [3.05, 3.63) is 11.9 Å². The van der Waals surface area contributed by atoms with Crippen molar-refractivity contribution in [2.45, 2.75) is 19.5 Å². The maximum atomic E-state index is 12.6. The van der Waals surface area contributed by atoms with Crippen LogP contribution in [0.25, 0.3) is 0 Å². The molecule has 19 heavy (non-hydrogen) atoms. The van der Waals surface area contributed by atoms with E-state index in [1.165, 1.54) is 6.07 Å². The SMILES string of the molecule is CCCNc1cc(NCC(N)=O)nc(C(F)(F)F)n1. The minimum atomic E-state index is -4.66. The first-order chi connectivity index (χ1) is 8.82. The number of hydrogen-bond donors (Lipinski definition) is 3. The fourth-order valence-electron chi connectivity index (χ4n) is 1.19. The van der Waals surface area contributed by atoms with E-state index in [0.717, 1.165) is 6.42 Å². The van der Waals surface area contributed by atoms with E-state index in [2.05, 4.69) is 20.6 Å². The zero-order chi connectivity index (χ0) is 14.5. The molecule has 6 nitrogen and oxygen atoms in total. The molecular formula is C10H14F3N5O. The number of amides is 1. The Hall–Kier alpha value is -2.06. The Morgan fingerprint density at radius 2 is 1.89 bits per heavy atom. The molecule has 106 valence electrons. The van der Waals surface area contributed by atoms with Crippen molar-refractivity contribution in [2.75, 3.05) is 23.7 Å². The number of nitrogens with zero attached hydrogens (tertiary/aromatic N) is 2. The second kappa shape index (κ2) is 6.21. The van der Waals surface area contributed by atoms with Crippen LogP contribution in [0.1, 0.15) is 19.2 Å². The third-order valence-corrected chi connectivity index (χ3v) is 1.98. The van der Waals surface area contributed by atoms with Crippen molar-refractivity contribution < 1.29 is 18.0 Å². The molecule has 9 heteroatoms. The first kappa shape index (κ1) is 15.0. The average molecular weight is 277 g/mol. The van der Waals surface area contributed by atoms with Crippen molar-refractivity contribution in [1.82, 2.24) is 9.97 Å². The van der Waals surface area contributed by atoms with Crippen LogP contribution >= 0.6 is 0 Å². The maximum Gasteiger partial charge on any atom is 0.451 e. The van der Waals surface area contributed by atoms with Gasteiger partial charge in [0.2, 0.25) is 11.7 Å². The highest BCUT2D eigenvalue weighted by Gasteiger charge is 2.35. The molecule has 1 rings (SSSR count). The van der Waals surface area contributed by atoms with Crippen molar-refractivity contribution in [3.63, 3.8) is 0 Å². The van der Waals surface area contributed by atoms with Gasteiger partial charge in [-0.15, -0.1) is 0 Å².